The zero-order valence-corrected chi connectivity index (χ0v) is 16.5. The minimum Gasteiger partial charge on any atom is -0.473 e. The lowest BCUT2D eigenvalue weighted by atomic mass is 10.2. The van der Waals surface area contributed by atoms with Crippen molar-refractivity contribution in [2.45, 2.75) is 51.3 Å². The molecule has 1 saturated carbocycles. The van der Waals surface area contributed by atoms with Gasteiger partial charge in [-0.3, -0.25) is 4.79 Å². The van der Waals surface area contributed by atoms with Gasteiger partial charge in [-0.05, 0) is 30.0 Å². The second-order valence-corrected chi connectivity index (χ2v) is 7.18. The predicted molar refractivity (Wildman–Crippen MR) is 110 cm³/mol. The number of benzene rings is 1. The van der Waals surface area contributed by atoms with E-state index in [1.165, 1.54) is 12.8 Å². The van der Waals surface area contributed by atoms with Crippen LogP contribution in [-0.2, 0) is 17.9 Å². The normalized spacial score (nSPS) is 13.7. The Balaban J connectivity index is 1.33. The second kappa shape index (κ2) is 11.0. The number of amides is 3. The maximum atomic E-state index is 11.9. The highest BCUT2D eigenvalue weighted by atomic mass is 16.5. The van der Waals surface area contributed by atoms with E-state index in [2.05, 4.69) is 20.9 Å². The van der Waals surface area contributed by atoms with E-state index in [9.17, 15) is 9.59 Å². The summed E-state index contributed by atoms with van der Waals surface area (Å²) in [5.74, 6) is 0.503. The minimum absolute atomic E-state index is 0.00783. The number of pyridine rings is 1. The highest BCUT2D eigenvalue weighted by Crippen LogP contribution is 2.17. The van der Waals surface area contributed by atoms with Crippen LogP contribution in [0.3, 0.4) is 0 Å². The van der Waals surface area contributed by atoms with Crippen molar-refractivity contribution in [2.75, 3.05) is 6.54 Å². The van der Waals surface area contributed by atoms with Crippen LogP contribution in [0.2, 0.25) is 0 Å². The van der Waals surface area contributed by atoms with Crippen LogP contribution in [0.15, 0.2) is 48.7 Å². The first-order chi connectivity index (χ1) is 14.2. The lowest BCUT2D eigenvalue weighted by Crippen LogP contribution is -2.39. The third-order valence-corrected chi connectivity index (χ3v) is 4.84. The average molecular weight is 396 g/mol. The fourth-order valence-electron chi connectivity index (χ4n) is 3.28. The van der Waals surface area contributed by atoms with Gasteiger partial charge in [-0.15, -0.1) is 0 Å². The van der Waals surface area contributed by atoms with E-state index in [0.29, 0.717) is 31.6 Å². The molecule has 29 heavy (non-hydrogen) atoms. The molecular weight excluding hydrogens is 368 g/mol. The van der Waals surface area contributed by atoms with Crippen molar-refractivity contribution >= 4 is 11.9 Å². The molecule has 1 aromatic carbocycles. The van der Waals surface area contributed by atoms with E-state index in [1.54, 1.807) is 12.3 Å². The third-order valence-electron chi connectivity index (χ3n) is 4.84. The van der Waals surface area contributed by atoms with Gasteiger partial charge in [0.25, 0.3) is 0 Å². The number of rotatable bonds is 9. The van der Waals surface area contributed by atoms with Gasteiger partial charge in [0, 0.05) is 37.8 Å². The van der Waals surface area contributed by atoms with Crippen LogP contribution in [0, 0.1) is 0 Å². The lowest BCUT2D eigenvalue weighted by Gasteiger charge is -2.12. The maximum absolute atomic E-state index is 11.9. The van der Waals surface area contributed by atoms with Crippen molar-refractivity contribution < 1.29 is 14.3 Å². The van der Waals surface area contributed by atoms with Crippen LogP contribution in [0.5, 0.6) is 5.88 Å². The molecule has 1 aliphatic carbocycles. The van der Waals surface area contributed by atoms with Gasteiger partial charge >= 0.3 is 6.03 Å². The molecule has 7 heteroatoms. The van der Waals surface area contributed by atoms with Crippen LogP contribution in [0.1, 0.15) is 43.2 Å². The lowest BCUT2D eigenvalue weighted by molar-refractivity contribution is -0.121. The molecule has 1 aliphatic rings. The topological polar surface area (TPSA) is 92.4 Å². The molecule has 2 aromatic rings. The van der Waals surface area contributed by atoms with Gasteiger partial charge in [-0.25, -0.2) is 9.78 Å². The van der Waals surface area contributed by atoms with Crippen molar-refractivity contribution in [3.63, 3.8) is 0 Å². The summed E-state index contributed by atoms with van der Waals surface area (Å²) < 4.78 is 5.70. The third kappa shape index (κ3) is 7.44. The molecule has 0 spiro atoms. The molecule has 1 heterocycles. The zero-order valence-electron chi connectivity index (χ0n) is 16.5. The molecule has 3 amide bonds. The van der Waals surface area contributed by atoms with E-state index >= 15 is 0 Å². The molecule has 3 N–H and O–H groups in total. The summed E-state index contributed by atoms with van der Waals surface area (Å²) >= 11 is 0. The number of hydrogen-bond acceptors (Lipinski definition) is 4. The molecular formula is C22H28N4O3. The van der Waals surface area contributed by atoms with Crippen LogP contribution in [0.4, 0.5) is 4.79 Å². The Morgan fingerprint density at radius 1 is 1.03 bits per heavy atom. The largest absolute Gasteiger partial charge is 0.473 e. The first kappa shape index (κ1) is 20.6. The van der Waals surface area contributed by atoms with E-state index in [1.807, 2.05) is 36.4 Å². The van der Waals surface area contributed by atoms with E-state index in [4.69, 9.17) is 4.74 Å². The number of nitrogens with zero attached hydrogens (tertiary/aromatic N) is 1. The van der Waals surface area contributed by atoms with E-state index in [0.717, 1.165) is 24.0 Å². The number of nitrogens with one attached hydrogen (secondary N) is 3. The van der Waals surface area contributed by atoms with Crippen molar-refractivity contribution in [1.82, 2.24) is 20.9 Å². The molecule has 0 bridgehead atoms. The number of aromatic nitrogens is 1. The molecule has 0 saturated heterocycles. The van der Waals surface area contributed by atoms with Gasteiger partial charge in [0.05, 0.1) is 0 Å². The molecule has 7 nitrogen and oxygen atoms in total. The molecule has 0 radical (unpaired) electrons. The number of ether oxygens (including phenoxy) is 1. The first-order valence-corrected chi connectivity index (χ1v) is 10.1. The Labute approximate surface area is 171 Å². The molecule has 0 unspecified atom stereocenters. The van der Waals surface area contributed by atoms with Crippen LogP contribution in [-0.4, -0.2) is 29.5 Å². The summed E-state index contributed by atoms with van der Waals surface area (Å²) in [7, 11) is 0. The fourth-order valence-corrected chi connectivity index (χ4v) is 3.28. The number of carbonyl (C=O) groups is 2. The van der Waals surface area contributed by atoms with Gasteiger partial charge in [0.15, 0.2) is 0 Å². The molecule has 1 aromatic heterocycles. The Bertz CT molecular complexity index is 792. The molecule has 154 valence electrons. The van der Waals surface area contributed by atoms with E-state index < -0.39 is 0 Å². The average Bonchev–Trinajstić information content (AvgIpc) is 3.25. The number of carbonyl (C=O) groups excluding carboxylic acids is 2. The van der Waals surface area contributed by atoms with Gasteiger partial charge in [-0.2, -0.15) is 0 Å². The quantitative estimate of drug-likeness (QED) is 0.608. The van der Waals surface area contributed by atoms with Crippen molar-refractivity contribution in [3.05, 3.63) is 59.8 Å². The first-order valence-electron chi connectivity index (χ1n) is 10.1. The summed E-state index contributed by atoms with van der Waals surface area (Å²) in [6.45, 7) is 1.10. The molecule has 3 rings (SSSR count). The van der Waals surface area contributed by atoms with Crippen molar-refractivity contribution in [2.24, 2.45) is 0 Å². The van der Waals surface area contributed by atoms with Crippen molar-refractivity contribution in [1.29, 1.82) is 0 Å². The molecule has 1 fully saturated rings. The Kier molecular flexibility index (Phi) is 7.86. The minimum atomic E-state index is -0.303. The summed E-state index contributed by atoms with van der Waals surface area (Å²) in [4.78, 5) is 28.0. The van der Waals surface area contributed by atoms with Crippen LogP contribution in [0.25, 0.3) is 0 Å². The smallest absolute Gasteiger partial charge is 0.315 e. The standard InChI is InChI=1S/C22H28N4O3/c27-20(26-19-8-4-5-9-19)11-13-24-22(28)25-15-18-10-12-23-21(14-18)29-16-17-6-2-1-3-7-17/h1-3,6-7,10,12,14,19H,4-5,8-9,11,13,15-16H2,(H,26,27)(H2,24,25,28). The van der Waals surface area contributed by atoms with Crippen LogP contribution >= 0.6 is 0 Å². The highest BCUT2D eigenvalue weighted by Gasteiger charge is 2.16. The van der Waals surface area contributed by atoms with Crippen molar-refractivity contribution in [3.8, 4) is 5.88 Å². The molecule has 0 aliphatic heterocycles. The SMILES string of the molecule is O=C(CCNC(=O)NCc1ccnc(OCc2ccccc2)c1)NC1CCCC1. The predicted octanol–water partition coefficient (Wildman–Crippen LogP) is 2.91. The van der Waals surface area contributed by atoms with Gasteiger partial charge < -0.3 is 20.7 Å². The van der Waals surface area contributed by atoms with Gasteiger partial charge in [0.1, 0.15) is 6.61 Å². The Hall–Kier alpha value is -3.09. The number of urea groups is 1. The Morgan fingerprint density at radius 3 is 2.62 bits per heavy atom. The van der Waals surface area contributed by atoms with E-state index in [-0.39, 0.29) is 18.4 Å². The zero-order chi connectivity index (χ0) is 20.3. The summed E-state index contributed by atoms with van der Waals surface area (Å²) in [6.07, 6.45) is 6.42. The summed E-state index contributed by atoms with van der Waals surface area (Å²) in [5, 5.41) is 8.50. The Morgan fingerprint density at radius 2 is 1.83 bits per heavy atom. The monoisotopic (exact) mass is 396 g/mol. The summed E-state index contributed by atoms with van der Waals surface area (Å²) in [5.41, 5.74) is 1.95. The fraction of sp³-hybridized carbons (Fsp3) is 0.409. The second-order valence-electron chi connectivity index (χ2n) is 7.18. The summed E-state index contributed by atoms with van der Waals surface area (Å²) in [6, 6.07) is 13.5. The number of hydrogen-bond donors (Lipinski definition) is 3. The van der Waals surface area contributed by atoms with Gasteiger partial charge in [-0.1, -0.05) is 43.2 Å². The van der Waals surface area contributed by atoms with Crippen LogP contribution < -0.4 is 20.7 Å². The molecule has 0 atom stereocenters. The highest BCUT2D eigenvalue weighted by molar-refractivity contribution is 5.78. The van der Waals surface area contributed by atoms with Gasteiger partial charge in [0.2, 0.25) is 11.8 Å². The maximum Gasteiger partial charge on any atom is 0.315 e.